The van der Waals surface area contributed by atoms with Crippen molar-refractivity contribution in [2.45, 2.75) is 31.8 Å². The molecule has 3 aliphatic rings. The molecule has 0 saturated carbocycles. The van der Waals surface area contributed by atoms with Crippen LogP contribution in [0, 0.1) is 34.5 Å². The first-order chi connectivity index (χ1) is 28.1. The Bertz CT molecular complexity index is 3360. The third-order valence-electron chi connectivity index (χ3n) is 12.8. The number of aromatic nitrogens is 2. The van der Waals surface area contributed by atoms with Crippen molar-refractivity contribution >= 4 is 75.5 Å². The van der Waals surface area contributed by atoms with Gasteiger partial charge in [-0.15, -0.1) is 11.3 Å². The summed E-state index contributed by atoms with van der Waals surface area (Å²) in [4.78, 5) is 0. The van der Waals surface area contributed by atoms with Crippen molar-refractivity contribution in [3.63, 3.8) is 0 Å². The average Bonchev–Trinajstić information content (AvgIpc) is 4.00. The molecule has 0 saturated heterocycles. The van der Waals surface area contributed by atoms with E-state index in [2.05, 4.69) is 156 Å². The highest BCUT2D eigenvalue weighted by molar-refractivity contribution is 7.25. The van der Waals surface area contributed by atoms with Crippen LogP contribution in [0.2, 0.25) is 0 Å². The fraction of sp³-hybridized carbons (Fsp3) is 0.137. The Kier molecular flexibility index (Phi) is 6.86. The first-order valence-corrected chi connectivity index (χ1v) is 20.5. The molecule has 270 valence electrons. The fourth-order valence-electron chi connectivity index (χ4n) is 10.2. The molecule has 57 heavy (non-hydrogen) atoms. The molecule has 4 atom stereocenters. The molecule has 2 aliphatic carbocycles. The van der Waals surface area contributed by atoms with Crippen molar-refractivity contribution in [1.82, 2.24) is 9.13 Å². The van der Waals surface area contributed by atoms with Gasteiger partial charge in [0.05, 0.1) is 45.9 Å². The normalized spacial score (nSPS) is 19.8. The van der Waals surface area contributed by atoms with Gasteiger partial charge in [0.1, 0.15) is 11.9 Å². The third kappa shape index (κ3) is 4.60. The Labute approximate surface area is 333 Å². The minimum atomic E-state index is -0.373. The van der Waals surface area contributed by atoms with E-state index in [0.717, 1.165) is 57.7 Å². The largest absolute Gasteiger partial charge is 0.483 e. The van der Waals surface area contributed by atoms with Crippen LogP contribution in [0.25, 0.3) is 69.8 Å². The van der Waals surface area contributed by atoms with E-state index in [4.69, 9.17) is 4.74 Å². The minimum absolute atomic E-state index is 0.103. The maximum Gasteiger partial charge on any atom is 0.146 e. The van der Waals surface area contributed by atoms with E-state index >= 15 is 0 Å². The van der Waals surface area contributed by atoms with Crippen LogP contribution in [-0.4, -0.2) is 9.13 Å². The Hall–Kier alpha value is -6.86. The van der Waals surface area contributed by atoms with E-state index in [-0.39, 0.29) is 23.9 Å². The van der Waals surface area contributed by atoms with Gasteiger partial charge in [-0.05, 0) is 96.3 Å². The zero-order valence-corrected chi connectivity index (χ0v) is 31.9. The lowest BCUT2D eigenvalue weighted by Gasteiger charge is -2.28. The van der Waals surface area contributed by atoms with Crippen LogP contribution >= 0.6 is 11.3 Å². The molecule has 0 spiro atoms. The molecule has 6 aromatic carbocycles. The molecule has 12 rings (SSSR count). The molecule has 4 heterocycles. The number of hydrogen-bond acceptors (Lipinski definition) is 4. The van der Waals surface area contributed by atoms with Crippen molar-refractivity contribution in [3.8, 4) is 23.6 Å². The highest BCUT2D eigenvalue weighted by Crippen LogP contribution is 2.54. The number of thiophene rings is 1. The average molecular weight is 751 g/mol. The van der Waals surface area contributed by atoms with E-state index < -0.39 is 0 Å². The van der Waals surface area contributed by atoms with Crippen molar-refractivity contribution in [1.29, 1.82) is 10.5 Å². The molecule has 0 bridgehead atoms. The van der Waals surface area contributed by atoms with E-state index in [1.807, 2.05) is 23.5 Å². The van der Waals surface area contributed by atoms with Crippen molar-refractivity contribution < 1.29 is 4.74 Å². The number of aryl methyl sites for hydroxylation is 1. The Morgan fingerprint density at radius 1 is 0.702 bits per heavy atom. The molecular formula is C51H34N4OS. The molecule has 0 radical (unpaired) electrons. The second-order valence-electron chi connectivity index (χ2n) is 15.8. The summed E-state index contributed by atoms with van der Waals surface area (Å²) in [6, 6.07) is 50.3. The van der Waals surface area contributed by atoms with Gasteiger partial charge in [0.25, 0.3) is 0 Å². The molecule has 9 aromatic rings. The summed E-state index contributed by atoms with van der Waals surface area (Å²) in [5, 5.41) is 27.4. The van der Waals surface area contributed by atoms with Crippen LogP contribution in [0.3, 0.4) is 0 Å². The predicted octanol–water partition coefficient (Wildman–Crippen LogP) is 12.9. The summed E-state index contributed by atoms with van der Waals surface area (Å²) in [7, 11) is 0. The molecule has 1 aliphatic heterocycles. The van der Waals surface area contributed by atoms with E-state index in [1.54, 1.807) is 0 Å². The van der Waals surface area contributed by atoms with Gasteiger partial charge in [-0.25, -0.2) is 0 Å². The van der Waals surface area contributed by atoms with Crippen LogP contribution in [0.15, 0.2) is 140 Å². The van der Waals surface area contributed by atoms with Gasteiger partial charge in [-0.3, -0.25) is 0 Å². The Morgan fingerprint density at radius 2 is 1.46 bits per heavy atom. The lowest BCUT2D eigenvalue weighted by molar-refractivity contribution is 0.189. The molecule has 3 unspecified atom stereocenters. The molecule has 0 N–H and O–H groups in total. The zero-order valence-electron chi connectivity index (χ0n) is 31.1. The summed E-state index contributed by atoms with van der Waals surface area (Å²) in [6.45, 7) is 2.14. The zero-order chi connectivity index (χ0) is 37.9. The van der Waals surface area contributed by atoms with Gasteiger partial charge in [0.2, 0.25) is 0 Å². The summed E-state index contributed by atoms with van der Waals surface area (Å²) >= 11 is 1.83. The number of nitriles is 2. The van der Waals surface area contributed by atoms with Crippen molar-refractivity contribution in [2.75, 3.05) is 0 Å². The standard InChI is InChI=1S/C51H34N4OS/c1-29-32(28-53)23-34(54-44-14-6-3-11-36(44)42-26-49-43(25-46(42)54)38-13-5-9-17-48(38)57-49)24-41(29)31-20-30(27-52)21-33(22-31)55-45-15-7-2-10-35(45)39-18-19-40-37-12-4-8-16-47(37)56-51(40)50(39)55/h2-17,20-26,29,32,40,51H,18-19H2,1H3/t29-,32?,40?,51?/m1/s1. The third-order valence-corrected chi connectivity index (χ3v) is 14.0. The topological polar surface area (TPSA) is 66.7 Å². The smallest absolute Gasteiger partial charge is 0.146 e. The van der Waals surface area contributed by atoms with E-state index in [0.29, 0.717) is 5.56 Å². The van der Waals surface area contributed by atoms with Crippen LogP contribution in [-0.2, 0) is 6.42 Å². The van der Waals surface area contributed by atoms with Gasteiger partial charge in [-0.1, -0.05) is 79.7 Å². The number of ether oxygens (including phenoxy) is 1. The van der Waals surface area contributed by atoms with Crippen LogP contribution in [0.1, 0.15) is 53.3 Å². The number of hydrogen-bond donors (Lipinski definition) is 0. The van der Waals surface area contributed by atoms with Gasteiger partial charge in [0.15, 0.2) is 0 Å². The Balaban J connectivity index is 1.07. The maximum atomic E-state index is 10.7. The fourth-order valence-corrected chi connectivity index (χ4v) is 11.4. The molecule has 0 fully saturated rings. The summed E-state index contributed by atoms with van der Waals surface area (Å²) in [6.07, 6.45) is 6.25. The number of fused-ring (bicyclic) bond motifs is 13. The first kappa shape index (κ1) is 32.4. The van der Waals surface area contributed by atoms with Crippen molar-refractivity contribution in [3.05, 3.63) is 167 Å². The van der Waals surface area contributed by atoms with Gasteiger partial charge in [-0.2, -0.15) is 10.5 Å². The van der Waals surface area contributed by atoms with E-state index in [1.165, 1.54) is 53.2 Å². The molecule has 6 heteroatoms. The highest BCUT2D eigenvalue weighted by Gasteiger charge is 2.42. The molecule has 3 aromatic heterocycles. The highest BCUT2D eigenvalue weighted by atomic mass is 32.1. The van der Waals surface area contributed by atoms with Crippen molar-refractivity contribution in [2.24, 2.45) is 11.8 Å². The number of rotatable bonds is 3. The number of benzene rings is 6. The monoisotopic (exact) mass is 750 g/mol. The lowest BCUT2D eigenvalue weighted by atomic mass is 9.79. The SMILES string of the molecule is C[C@H]1C(c2cc(C#N)cc(-n3c4c(c5ccccc53)CCC3c5ccccc5OC43)c2)=CC(n2c3ccccc3c3cc4sc5ccccc5c4cc32)=CC1C#N. The summed E-state index contributed by atoms with van der Waals surface area (Å²) < 4.78 is 14.0. The Morgan fingerprint density at radius 3 is 2.30 bits per heavy atom. The summed E-state index contributed by atoms with van der Waals surface area (Å²) in [5.74, 6) is 0.751. The molecule has 5 nitrogen and oxygen atoms in total. The number of nitrogens with zero attached hydrogens (tertiary/aromatic N) is 4. The summed E-state index contributed by atoms with van der Waals surface area (Å²) in [5.41, 5.74) is 11.6. The quantitative estimate of drug-likeness (QED) is 0.181. The number of allylic oxidation sites excluding steroid dienone is 4. The van der Waals surface area contributed by atoms with E-state index in [9.17, 15) is 10.5 Å². The minimum Gasteiger partial charge on any atom is -0.483 e. The lowest BCUT2D eigenvalue weighted by Crippen LogP contribution is -2.21. The van der Waals surface area contributed by atoms with Crippen LogP contribution < -0.4 is 4.74 Å². The van der Waals surface area contributed by atoms with Crippen LogP contribution in [0.4, 0.5) is 0 Å². The molecular weight excluding hydrogens is 717 g/mol. The predicted molar refractivity (Wildman–Crippen MR) is 232 cm³/mol. The van der Waals surface area contributed by atoms with Gasteiger partial charge in [0, 0.05) is 65.1 Å². The van der Waals surface area contributed by atoms with Gasteiger partial charge >= 0.3 is 0 Å². The van der Waals surface area contributed by atoms with Gasteiger partial charge < -0.3 is 13.9 Å². The second-order valence-corrected chi connectivity index (χ2v) is 16.9. The molecule has 0 amide bonds. The maximum absolute atomic E-state index is 10.7. The second kappa shape index (κ2) is 12.1. The number of para-hydroxylation sites is 3. The first-order valence-electron chi connectivity index (χ1n) is 19.7. The van der Waals surface area contributed by atoms with Crippen LogP contribution in [0.5, 0.6) is 5.75 Å².